The molecule has 0 aliphatic heterocycles. The summed E-state index contributed by atoms with van der Waals surface area (Å²) in [6.45, 7) is 0. The van der Waals surface area contributed by atoms with E-state index in [-0.39, 0.29) is 10.6 Å². The van der Waals surface area contributed by atoms with Crippen LogP contribution < -0.4 is 10.5 Å². The Labute approximate surface area is 118 Å². The Morgan fingerprint density at radius 3 is 2.24 bits per heavy atom. The van der Waals surface area contributed by atoms with Gasteiger partial charge in [0, 0.05) is 12.1 Å². The molecule has 21 heavy (non-hydrogen) atoms. The number of aliphatic carboxylic acids is 1. The van der Waals surface area contributed by atoms with Gasteiger partial charge in [0.2, 0.25) is 15.9 Å². The molecule has 1 rings (SSSR count). The second-order valence-electron chi connectivity index (χ2n) is 3.93. The highest BCUT2D eigenvalue weighted by molar-refractivity contribution is 7.89. The van der Waals surface area contributed by atoms with Crippen LogP contribution in [0.3, 0.4) is 0 Å². The molecule has 0 aromatic heterocycles. The van der Waals surface area contributed by atoms with Crippen LogP contribution in [0.1, 0.15) is 6.42 Å². The van der Waals surface area contributed by atoms with Crippen LogP contribution in [0.4, 0.5) is 5.69 Å². The number of hydrogen-bond acceptors (Lipinski definition) is 6. The summed E-state index contributed by atoms with van der Waals surface area (Å²) >= 11 is 0. The summed E-state index contributed by atoms with van der Waals surface area (Å²) in [4.78, 5) is 30.9. The van der Waals surface area contributed by atoms with E-state index in [1.165, 1.54) is 0 Å². The van der Waals surface area contributed by atoms with Crippen molar-refractivity contribution in [2.24, 2.45) is 5.73 Å². The molecule has 0 fully saturated rings. The van der Waals surface area contributed by atoms with Gasteiger partial charge in [-0.05, 0) is 12.1 Å². The number of carboxylic acids is 1. The summed E-state index contributed by atoms with van der Waals surface area (Å²) in [7, 11) is -4.25. The zero-order valence-corrected chi connectivity index (χ0v) is 11.2. The minimum Gasteiger partial charge on any atom is -0.480 e. The monoisotopic (exact) mass is 317 g/mol. The highest BCUT2D eigenvalue weighted by atomic mass is 32.2. The topological polar surface area (TPSA) is 170 Å². The number of carbonyl (C=O) groups excluding carboxylic acids is 1. The Bertz CT molecular complexity index is 668. The minimum atomic E-state index is -4.25. The number of carbonyl (C=O) groups is 2. The zero-order chi connectivity index (χ0) is 16.2. The van der Waals surface area contributed by atoms with Gasteiger partial charge in [-0.25, -0.2) is 8.42 Å². The van der Waals surface area contributed by atoms with Crippen molar-refractivity contribution >= 4 is 27.6 Å². The molecule has 0 aliphatic carbocycles. The van der Waals surface area contributed by atoms with Crippen molar-refractivity contribution in [1.29, 1.82) is 0 Å². The highest BCUT2D eigenvalue weighted by Crippen LogP contribution is 2.16. The van der Waals surface area contributed by atoms with Gasteiger partial charge in [-0.3, -0.25) is 19.7 Å². The number of primary amides is 1. The summed E-state index contributed by atoms with van der Waals surface area (Å²) < 4.78 is 25.6. The van der Waals surface area contributed by atoms with E-state index in [0.717, 1.165) is 24.3 Å². The first-order valence-electron chi connectivity index (χ1n) is 5.41. The first kappa shape index (κ1) is 16.5. The molecule has 0 aliphatic rings. The van der Waals surface area contributed by atoms with E-state index < -0.39 is 39.3 Å². The molecule has 1 aromatic carbocycles. The van der Waals surface area contributed by atoms with Gasteiger partial charge in [0.1, 0.15) is 6.04 Å². The largest absolute Gasteiger partial charge is 0.480 e. The van der Waals surface area contributed by atoms with Crippen molar-refractivity contribution in [3.63, 3.8) is 0 Å². The van der Waals surface area contributed by atoms with Crippen molar-refractivity contribution in [1.82, 2.24) is 4.72 Å². The van der Waals surface area contributed by atoms with E-state index in [0.29, 0.717) is 0 Å². The summed E-state index contributed by atoms with van der Waals surface area (Å²) in [5.74, 6) is -2.56. The van der Waals surface area contributed by atoms with E-state index >= 15 is 0 Å². The predicted octanol–water partition coefficient (Wildman–Crippen LogP) is -0.798. The van der Waals surface area contributed by atoms with Crippen LogP contribution in [0.2, 0.25) is 0 Å². The lowest BCUT2D eigenvalue weighted by Gasteiger charge is -2.13. The number of nitrogens with zero attached hydrogens (tertiary/aromatic N) is 1. The van der Waals surface area contributed by atoms with E-state index in [1.807, 2.05) is 0 Å². The molecule has 1 unspecified atom stereocenters. The summed E-state index contributed by atoms with van der Waals surface area (Å²) in [6, 6.07) is 2.09. The number of non-ortho nitro benzene ring substituents is 1. The van der Waals surface area contributed by atoms with Crippen molar-refractivity contribution in [2.75, 3.05) is 0 Å². The first-order valence-corrected chi connectivity index (χ1v) is 6.89. The number of hydrogen-bond donors (Lipinski definition) is 3. The summed E-state index contributed by atoms with van der Waals surface area (Å²) in [5.41, 5.74) is 4.51. The van der Waals surface area contributed by atoms with E-state index in [4.69, 9.17) is 10.8 Å². The Morgan fingerprint density at radius 1 is 1.33 bits per heavy atom. The van der Waals surface area contributed by atoms with Crippen LogP contribution >= 0.6 is 0 Å². The molecule has 11 heteroatoms. The van der Waals surface area contributed by atoms with Crippen LogP contribution in [0, 0.1) is 10.1 Å². The SMILES string of the molecule is NC(=O)CC(NS(=O)(=O)c1ccc([N+](=O)[O-])cc1)C(=O)O. The summed E-state index contributed by atoms with van der Waals surface area (Å²) in [5, 5.41) is 19.3. The Morgan fingerprint density at radius 2 is 1.86 bits per heavy atom. The zero-order valence-electron chi connectivity index (χ0n) is 10.4. The smallest absolute Gasteiger partial charge is 0.322 e. The van der Waals surface area contributed by atoms with Gasteiger partial charge in [-0.15, -0.1) is 0 Å². The number of rotatable bonds is 7. The quantitative estimate of drug-likeness (QED) is 0.436. The molecule has 0 saturated carbocycles. The normalized spacial score (nSPS) is 12.6. The Kier molecular flexibility index (Phi) is 4.94. The molecule has 0 saturated heterocycles. The standard InChI is InChI=1S/C10H11N3O7S/c11-9(14)5-8(10(15)16)12-21(19,20)7-3-1-6(2-4-7)13(17)18/h1-4,8,12H,5H2,(H2,11,14)(H,15,16). The van der Waals surface area contributed by atoms with Crippen molar-refractivity contribution in [3.8, 4) is 0 Å². The maximum absolute atomic E-state index is 11.9. The third-order valence-electron chi connectivity index (χ3n) is 2.36. The summed E-state index contributed by atoms with van der Waals surface area (Å²) in [6.07, 6.45) is -0.721. The molecule has 114 valence electrons. The van der Waals surface area contributed by atoms with Crippen LogP contribution in [0.5, 0.6) is 0 Å². The predicted molar refractivity (Wildman–Crippen MR) is 68.7 cm³/mol. The molecule has 0 spiro atoms. The van der Waals surface area contributed by atoms with Gasteiger partial charge in [-0.2, -0.15) is 4.72 Å². The fourth-order valence-electron chi connectivity index (χ4n) is 1.38. The molecule has 0 radical (unpaired) electrons. The van der Waals surface area contributed by atoms with Gasteiger partial charge in [-0.1, -0.05) is 0 Å². The van der Waals surface area contributed by atoms with Gasteiger partial charge < -0.3 is 10.8 Å². The molecule has 1 aromatic rings. The van der Waals surface area contributed by atoms with Gasteiger partial charge in [0.05, 0.1) is 16.2 Å². The first-order chi connectivity index (χ1) is 9.63. The maximum atomic E-state index is 11.9. The van der Waals surface area contributed by atoms with Crippen LogP contribution in [0.25, 0.3) is 0 Å². The minimum absolute atomic E-state index is 0.319. The van der Waals surface area contributed by atoms with E-state index in [1.54, 1.807) is 4.72 Å². The highest BCUT2D eigenvalue weighted by Gasteiger charge is 2.27. The molecule has 0 heterocycles. The number of nitrogens with one attached hydrogen (secondary N) is 1. The van der Waals surface area contributed by atoms with Gasteiger partial charge >= 0.3 is 5.97 Å². The molecular weight excluding hydrogens is 306 g/mol. The Balaban J connectivity index is 3.01. The lowest BCUT2D eigenvalue weighted by Crippen LogP contribution is -2.43. The number of nitro benzene ring substituents is 1. The van der Waals surface area contributed by atoms with E-state index in [9.17, 15) is 28.1 Å². The lowest BCUT2D eigenvalue weighted by atomic mass is 10.2. The number of nitro groups is 1. The third kappa shape index (κ3) is 4.50. The fourth-order valence-corrected chi connectivity index (χ4v) is 2.57. The van der Waals surface area contributed by atoms with Crippen molar-refractivity contribution < 1.29 is 28.0 Å². The number of benzene rings is 1. The second kappa shape index (κ2) is 6.28. The number of nitrogens with two attached hydrogens (primary N) is 1. The average Bonchev–Trinajstić information content (AvgIpc) is 2.37. The van der Waals surface area contributed by atoms with Gasteiger partial charge in [0.25, 0.3) is 5.69 Å². The van der Waals surface area contributed by atoms with Crippen LogP contribution in [0.15, 0.2) is 29.2 Å². The van der Waals surface area contributed by atoms with Crippen LogP contribution in [-0.4, -0.2) is 36.4 Å². The van der Waals surface area contributed by atoms with Crippen molar-refractivity contribution in [3.05, 3.63) is 34.4 Å². The maximum Gasteiger partial charge on any atom is 0.322 e. The lowest BCUT2D eigenvalue weighted by molar-refractivity contribution is -0.384. The van der Waals surface area contributed by atoms with Crippen LogP contribution in [-0.2, 0) is 19.6 Å². The molecule has 10 nitrogen and oxygen atoms in total. The second-order valence-corrected chi connectivity index (χ2v) is 5.65. The van der Waals surface area contributed by atoms with E-state index in [2.05, 4.69) is 0 Å². The number of amides is 1. The molecular formula is C10H11N3O7S. The van der Waals surface area contributed by atoms with Gasteiger partial charge in [0.15, 0.2) is 0 Å². The molecule has 0 bridgehead atoms. The fraction of sp³-hybridized carbons (Fsp3) is 0.200. The molecule has 1 amide bonds. The molecule has 4 N–H and O–H groups in total. The average molecular weight is 317 g/mol. The number of sulfonamides is 1. The molecule has 1 atom stereocenters. The third-order valence-corrected chi connectivity index (χ3v) is 3.85. The van der Waals surface area contributed by atoms with Crippen molar-refractivity contribution in [2.45, 2.75) is 17.4 Å². The number of carboxylic acid groups (broad SMARTS) is 1. The Hall–Kier alpha value is -2.53.